The maximum Gasteiger partial charge on any atom is 0.417 e. The average molecular weight is 580 g/mol. The molecule has 40 heavy (non-hydrogen) atoms. The van der Waals surface area contributed by atoms with Gasteiger partial charge >= 0.3 is 6.18 Å². The largest absolute Gasteiger partial charge is 0.417 e. The molecule has 1 N–H and O–H groups in total. The summed E-state index contributed by atoms with van der Waals surface area (Å²) < 4.78 is 77.4. The predicted octanol–water partition coefficient (Wildman–Crippen LogP) is 4.78. The van der Waals surface area contributed by atoms with Gasteiger partial charge in [0.15, 0.2) is 15.5 Å². The van der Waals surface area contributed by atoms with Crippen LogP contribution in [0.25, 0.3) is 11.0 Å². The first-order valence-electron chi connectivity index (χ1n) is 13.0. The highest BCUT2D eigenvalue weighted by atomic mass is 32.2. The first-order valence-corrected chi connectivity index (χ1v) is 14.8. The zero-order chi connectivity index (χ0) is 28.7. The Labute approximate surface area is 228 Å². The molecule has 4 heterocycles. The molecule has 214 valence electrons. The van der Waals surface area contributed by atoms with E-state index < -0.39 is 33.3 Å². The van der Waals surface area contributed by atoms with Crippen LogP contribution in [0.3, 0.4) is 0 Å². The molecule has 5 rings (SSSR count). The smallest absolute Gasteiger partial charge is 0.357 e. The summed E-state index contributed by atoms with van der Waals surface area (Å²) in [6.07, 6.45) is 3.37. The van der Waals surface area contributed by atoms with Gasteiger partial charge in [-0.05, 0) is 50.3 Å². The van der Waals surface area contributed by atoms with Gasteiger partial charge in [-0.2, -0.15) is 18.3 Å². The fourth-order valence-electron chi connectivity index (χ4n) is 5.12. The lowest BCUT2D eigenvalue weighted by atomic mass is 9.96. The molecule has 0 spiro atoms. The van der Waals surface area contributed by atoms with Crippen molar-refractivity contribution in [2.75, 3.05) is 42.2 Å². The van der Waals surface area contributed by atoms with Crippen LogP contribution in [-0.4, -0.2) is 66.0 Å². The van der Waals surface area contributed by atoms with Gasteiger partial charge in [-0.1, -0.05) is 6.08 Å². The molecule has 1 fully saturated rings. The number of sulfone groups is 1. The lowest BCUT2D eigenvalue weighted by Gasteiger charge is -2.36. The third kappa shape index (κ3) is 5.81. The highest BCUT2D eigenvalue weighted by molar-refractivity contribution is 7.94. The minimum absolute atomic E-state index is 0.0582. The topological polar surface area (TPSA) is 108 Å². The fourth-order valence-corrected chi connectivity index (χ4v) is 5.85. The Morgan fingerprint density at radius 2 is 1.90 bits per heavy atom. The number of anilines is 2. The number of nitrogens with one attached hydrogen (secondary N) is 1. The van der Waals surface area contributed by atoms with Gasteiger partial charge in [0.05, 0.1) is 28.0 Å². The highest BCUT2D eigenvalue weighted by Crippen LogP contribution is 2.36. The molecular formula is C26H29F4N7O2S. The van der Waals surface area contributed by atoms with Crippen LogP contribution in [0.5, 0.6) is 0 Å². The third-order valence-corrected chi connectivity index (χ3v) is 8.53. The number of aromatic amines is 1. The van der Waals surface area contributed by atoms with Crippen molar-refractivity contribution in [1.29, 1.82) is 0 Å². The van der Waals surface area contributed by atoms with Crippen LogP contribution in [0.1, 0.15) is 43.5 Å². The number of halogens is 4. The summed E-state index contributed by atoms with van der Waals surface area (Å²) in [5.41, 5.74) is -0.303. The van der Waals surface area contributed by atoms with Gasteiger partial charge in [0.1, 0.15) is 23.3 Å². The number of fused-ring (bicyclic) bond motifs is 1. The summed E-state index contributed by atoms with van der Waals surface area (Å²) in [7, 11) is -3.53. The quantitative estimate of drug-likeness (QED) is 0.399. The summed E-state index contributed by atoms with van der Waals surface area (Å²) in [5.74, 6) is 0.252. The number of H-pyrrole nitrogens is 1. The lowest BCUT2D eigenvalue weighted by molar-refractivity contribution is -0.137. The number of hydrogen-bond donors (Lipinski definition) is 1. The highest BCUT2D eigenvalue weighted by Gasteiger charge is 2.32. The molecular weight excluding hydrogens is 550 g/mol. The summed E-state index contributed by atoms with van der Waals surface area (Å²) in [4.78, 5) is 17.3. The van der Waals surface area contributed by atoms with Crippen LogP contribution in [-0.2, 0) is 16.0 Å². The van der Waals surface area contributed by atoms with Gasteiger partial charge in [0, 0.05) is 38.6 Å². The van der Waals surface area contributed by atoms with E-state index in [0.717, 1.165) is 37.4 Å². The Hall–Kier alpha value is -3.55. The number of hydrogen-bond acceptors (Lipinski definition) is 8. The summed E-state index contributed by atoms with van der Waals surface area (Å²) in [6, 6.07) is 2.46. The monoisotopic (exact) mass is 579 g/mol. The van der Waals surface area contributed by atoms with Crippen LogP contribution in [0.2, 0.25) is 0 Å². The number of allylic oxidation sites excluding steroid dienone is 3. The standard InChI is InChI=1S/C26H29F4N7O2S/c1-3-36(15-16-8-10-37(11-9-16)22-7-4-17(13-31-22)26(28,29)30)25-20-14-32-35-24(20)33-23(34-25)19-6-5-18(12-21(19)27)40(2,38)39/h4-5,7,12-14,16,19H,3,6,8-11,15H2,1-2H3,(H,32,33,34,35). The Morgan fingerprint density at radius 1 is 1.15 bits per heavy atom. The zero-order valence-electron chi connectivity index (χ0n) is 22.0. The Morgan fingerprint density at radius 3 is 2.50 bits per heavy atom. The van der Waals surface area contributed by atoms with Gasteiger partial charge in [0.2, 0.25) is 0 Å². The van der Waals surface area contributed by atoms with Crippen LogP contribution >= 0.6 is 0 Å². The Bertz CT molecular complexity index is 1540. The number of nitrogens with zero attached hydrogens (tertiary/aromatic N) is 6. The van der Waals surface area contributed by atoms with E-state index in [4.69, 9.17) is 4.98 Å². The van der Waals surface area contributed by atoms with Gasteiger partial charge in [0.25, 0.3) is 0 Å². The van der Waals surface area contributed by atoms with E-state index in [0.29, 0.717) is 48.8 Å². The zero-order valence-corrected chi connectivity index (χ0v) is 22.8. The first kappa shape index (κ1) is 28.0. The molecule has 1 saturated heterocycles. The Kier molecular flexibility index (Phi) is 7.55. The van der Waals surface area contributed by atoms with Gasteiger partial charge in [-0.3, -0.25) is 5.10 Å². The van der Waals surface area contributed by atoms with E-state index in [-0.39, 0.29) is 23.1 Å². The summed E-state index contributed by atoms with van der Waals surface area (Å²) in [5, 5.41) is 7.64. The maximum absolute atomic E-state index is 15.1. The van der Waals surface area contributed by atoms with E-state index in [9.17, 15) is 21.6 Å². The van der Waals surface area contributed by atoms with Crippen molar-refractivity contribution in [3.63, 3.8) is 0 Å². The maximum atomic E-state index is 15.1. The molecule has 1 unspecified atom stereocenters. The molecule has 2 aliphatic rings. The number of rotatable bonds is 7. The van der Waals surface area contributed by atoms with E-state index in [1.165, 1.54) is 12.1 Å². The molecule has 1 aliphatic carbocycles. The second-order valence-electron chi connectivity index (χ2n) is 10.1. The van der Waals surface area contributed by atoms with Crippen LogP contribution in [0.4, 0.5) is 29.2 Å². The van der Waals surface area contributed by atoms with E-state index >= 15 is 4.39 Å². The van der Waals surface area contributed by atoms with Gasteiger partial charge < -0.3 is 9.80 Å². The Balaban J connectivity index is 1.31. The van der Waals surface area contributed by atoms with Crippen molar-refractivity contribution >= 4 is 32.5 Å². The summed E-state index contributed by atoms with van der Waals surface area (Å²) >= 11 is 0. The number of pyridine rings is 1. The average Bonchev–Trinajstić information content (AvgIpc) is 3.39. The minimum Gasteiger partial charge on any atom is -0.357 e. The first-order chi connectivity index (χ1) is 18.9. The van der Waals surface area contributed by atoms with Crippen LogP contribution < -0.4 is 9.80 Å². The van der Waals surface area contributed by atoms with Crippen molar-refractivity contribution in [2.45, 2.75) is 38.3 Å². The number of aromatic nitrogens is 5. The molecule has 14 heteroatoms. The fraction of sp³-hybridized carbons (Fsp3) is 0.462. The van der Waals surface area contributed by atoms with Crippen molar-refractivity contribution in [3.8, 4) is 0 Å². The molecule has 0 bridgehead atoms. The van der Waals surface area contributed by atoms with Crippen molar-refractivity contribution in [3.05, 3.63) is 58.8 Å². The second kappa shape index (κ2) is 10.8. The molecule has 0 aromatic carbocycles. The molecule has 0 amide bonds. The van der Waals surface area contributed by atoms with Gasteiger partial charge in [-0.25, -0.2) is 27.8 Å². The molecule has 0 radical (unpaired) electrons. The minimum atomic E-state index is -4.42. The van der Waals surface area contributed by atoms with Crippen molar-refractivity contribution in [2.24, 2.45) is 5.92 Å². The molecule has 3 aromatic heterocycles. The van der Waals surface area contributed by atoms with Crippen molar-refractivity contribution < 1.29 is 26.0 Å². The van der Waals surface area contributed by atoms with Crippen LogP contribution in [0.15, 0.2) is 47.4 Å². The van der Waals surface area contributed by atoms with Crippen LogP contribution in [0, 0.1) is 5.92 Å². The third-order valence-electron chi connectivity index (χ3n) is 7.39. The SMILES string of the molecule is CCN(CC1CCN(c2ccc(C(F)(F)F)cn2)CC1)c1nc(C2CC=C(S(C)(=O)=O)C=C2F)nc2[nH]ncc12. The van der Waals surface area contributed by atoms with Gasteiger partial charge in [-0.15, -0.1) is 0 Å². The second-order valence-corrected chi connectivity index (χ2v) is 12.1. The number of piperidine rings is 1. The molecule has 0 saturated carbocycles. The molecule has 9 nitrogen and oxygen atoms in total. The molecule has 1 aliphatic heterocycles. The van der Waals surface area contributed by atoms with Crippen molar-refractivity contribution in [1.82, 2.24) is 25.1 Å². The van der Waals surface area contributed by atoms with E-state index in [1.807, 2.05) is 11.8 Å². The van der Waals surface area contributed by atoms with E-state index in [1.54, 1.807) is 6.20 Å². The predicted molar refractivity (Wildman–Crippen MR) is 143 cm³/mol. The summed E-state index contributed by atoms with van der Waals surface area (Å²) in [6.45, 7) is 4.60. The lowest BCUT2D eigenvalue weighted by Crippen LogP contribution is -2.39. The number of alkyl halides is 3. The normalized spacial score (nSPS) is 19.1. The molecule has 3 aromatic rings. The van der Waals surface area contributed by atoms with E-state index in [2.05, 4.69) is 25.1 Å². The molecule has 1 atom stereocenters.